The normalized spacial score (nSPS) is 18.6. The molecule has 0 bridgehead atoms. The average molecular weight is 291 g/mol. The highest BCUT2D eigenvalue weighted by atomic mass is 16.6. The first-order valence-electron chi connectivity index (χ1n) is 7.36. The molecule has 21 heavy (non-hydrogen) atoms. The summed E-state index contributed by atoms with van der Waals surface area (Å²) in [6, 6.07) is 3.99. The van der Waals surface area contributed by atoms with Crippen LogP contribution in [0.4, 0.5) is 4.79 Å². The van der Waals surface area contributed by atoms with E-state index < -0.39 is 5.60 Å². The zero-order valence-electron chi connectivity index (χ0n) is 13.6. The molecule has 0 aromatic carbocycles. The number of likely N-dealkylation sites (N-methyl/N-ethyl adjacent to an activating group) is 1. The molecule has 0 radical (unpaired) electrons. The van der Waals surface area contributed by atoms with Gasteiger partial charge in [-0.1, -0.05) is 6.07 Å². The van der Waals surface area contributed by atoms with E-state index in [2.05, 4.69) is 16.0 Å². The van der Waals surface area contributed by atoms with Crippen LogP contribution in [0.25, 0.3) is 0 Å². The van der Waals surface area contributed by atoms with Crippen molar-refractivity contribution in [1.29, 1.82) is 0 Å². The van der Waals surface area contributed by atoms with E-state index in [-0.39, 0.29) is 12.1 Å². The summed E-state index contributed by atoms with van der Waals surface area (Å²) in [5.74, 6) is 0. The number of fused-ring (bicyclic) bond motifs is 1. The maximum Gasteiger partial charge on any atom is 0.410 e. The highest BCUT2D eigenvalue weighted by molar-refractivity contribution is 5.69. The molecule has 0 saturated heterocycles. The smallest absolute Gasteiger partial charge is 0.410 e. The second kappa shape index (κ2) is 6.02. The number of carbonyl (C=O) groups is 1. The van der Waals surface area contributed by atoms with Gasteiger partial charge >= 0.3 is 6.09 Å². The molecule has 1 aliphatic rings. The van der Waals surface area contributed by atoms with Crippen molar-refractivity contribution < 1.29 is 9.53 Å². The molecule has 0 saturated carbocycles. The summed E-state index contributed by atoms with van der Waals surface area (Å²) in [7, 11) is 4.02. The molecule has 5 heteroatoms. The van der Waals surface area contributed by atoms with Crippen LogP contribution in [0, 0.1) is 0 Å². The Morgan fingerprint density at radius 3 is 2.81 bits per heavy atom. The summed E-state index contributed by atoms with van der Waals surface area (Å²) >= 11 is 0. The lowest BCUT2D eigenvalue weighted by atomic mass is 9.97. The van der Waals surface area contributed by atoms with Gasteiger partial charge in [-0.2, -0.15) is 0 Å². The summed E-state index contributed by atoms with van der Waals surface area (Å²) in [4.78, 5) is 20.8. The van der Waals surface area contributed by atoms with E-state index in [1.165, 1.54) is 0 Å². The van der Waals surface area contributed by atoms with Crippen LogP contribution in [0.3, 0.4) is 0 Å². The van der Waals surface area contributed by atoms with Gasteiger partial charge in [0.25, 0.3) is 0 Å². The highest BCUT2D eigenvalue weighted by Gasteiger charge is 2.34. The zero-order valence-corrected chi connectivity index (χ0v) is 13.6. The second-order valence-corrected chi connectivity index (χ2v) is 6.74. The van der Waals surface area contributed by atoms with Gasteiger partial charge in [-0.15, -0.1) is 0 Å². The largest absolute Gasteiger partial charge is 0.444 e. The molecule has 0 N–H and O–H groups in total. The Kier molecular flexibility index (Phi) is 4.52. The first kappa shape index (κ1) is 15.8. The molecule has 116 valence electrons. The van der Waals surface area contributed by atoms with Gasteiger partial charge in [-0.25, -0.2) is 4.79 Å². The molecule has 1 aromatic rings. The summed E-state index contributed by atoms with van der Waals surface area (Å²) < 4.78 is 5.55. The van der Waals surface area contributed by atoms with E-state index >= 15 is 0 Å². The fraction of sp³-hybridized carbons (Fsp3) is 0.625. The van der Waals surface area contributed by atoms with Crippen LogP contribution < -0.4 is 0 Å². The van der Waals surface area contributed by atoms with E-state index in [1.807, 2.05) is 52.0 Å². The molecule has 2 heterocycles. The third-order valence-corrected chi connectivity index (χ3v) is 3.42. The Bertz CT molecular complexity index is 508. The predicted octanol–water partition coefficient (Wildman–Crippen LogP) is 2.48. The van der Waals surface area contributed by atoms with Gasteiger partial charge in [0.2, 0.25) is 0 Å². The molecule has 1 atom stereocenters. The Labute approximate surface area is 126 Å². The molecule has 1 unspecified atom stereocenters. The van der Waals surface area contributed by atoms with Gasteiger partial charge in [0.1, 0.15) is 5.60 Å². The number of hydrogen-bond acceptors (Lipinski definition) is 4. The van der Waals surface area contributed by atoms with E-state index in [1.54, 1.807) is 0 Å². The van der Waals surface area contributed by atoms with Crippen LogP contribution >= 0.6 is 0 Å². The molecule has 0 aliphatic carbocycles. The molecule has 5 nitrogen and oxygen atoms in total. The summed E-state index contributed by atoms with van der Waals surface area (Å²) in [6.07, 6.45) is 2.34. The number of ether oxygens (including phenoxy) is 1. The number of carbonyl (C=O) groups excluding carboxylic acids is 1. The van der Waals surface area contributed by atoms with Crippen LogP contribution in [-0.2, 0) is 11.2 Å². The first-order chi connectivity index (χ1) is 9.78. The third-order valence-electron chi connectivity index (χ3n) is 3.42. The highest BCUT2D eigenvalue weighted by Crippen LogP contribution is 2.30. The minimum absolute atomic E-state index is 0.00713. The lowest BCUT2D eigenvalue weighted by Crippen LogP contribution is -2.46. The van der Waals surface area contributed by atoms with E-state index in [4.69, 9.17) is 4.74 Å². The second-order valence-electron chi connectivity index (χ2n) is 6.74. The molecule has 1 aromatic heterocycles. The molecule has 1 amide bonds. The number of nitrogens with zero attached hydrogens (tertiary/aromatic N) is 3. The number of pyridine rings is 1. The van der Waals surface area contributed by atoms with Gasteiger partial charge < -0.3 is 9.64 Å². The van der Waals surface area contributed by atoms with E-state index in [9.17, 15) is 4.79 Å². The molecule has 0 spiro atoms. The van der Waals surface area contributed by atoms with Gasteiger partial charge in [-0.3, -0.25) is 9.88 Å². The van der Waals surface area contributed by atoms with Gasteiger partial charge in [0.05, 0.1) is 6.04 Å². The maximum atomic E-state index is 12.5. The van der Waals surface area contributed by atoms with Crippen molar-refractivity contribution in [1.82, 2.24) is 14.8 Å². The number of aromatic nitrogens is 1. The minimum atomic E-state index is -0.477. The van der Waals surface area contributed by atoms with E-state index in [0.29, 0.717) is 6.54 Å². The van der Waals surface area contributed by atoms with Crippen molar-refractivity contribution in [2.45, 2.75) is 38.8 Å². The Morgan fingerprint density at radius 1 is 1.48 bits per heavy atom. The van der Waals surface area contributed by atoms with Crippen molar-refractivity contribution in [3.8, 4) is 0 Å². The Hall–Kier alpha value is -1.62. The van der Waals surface area contributed by atoms with Crippen molar-refractivity contribution in [3.63, 3.8) is 0 Å². The fourth-order valence-corrected chi connectivity index (χ4v) is 2.59. The fourth-order valence-electron chi connectivity index (χ4n) is 2.59. The van der Waals surface area contributed by atoms with E-state index in [0.717, 1.165) is 24.2 Å². The first-order valence-corrected chi connectivity index (χ1v) is 7.36. The van der Waals surface area contributed by atoms with Crippen molar-refractivity contribution in [3.05, 3.63) is 29.6 Å². The van der Waals surface area contributed by atoms with Gasteiger partial charge in [0.15, 0.2) is 0 Å². The summed E-state index contributed by atoms with van der Waals surface area (Å²) in [5.41, 5.74) is 1.74. The topological polar surface area (TPSA) is 45.7 Å². The maximum absolute atomic E-state index is 12.5. The monoisotopic (exact) mass is 291 g/mol. The quantitative estimate of drug-likeness (QED) is 0.840. The Morgan fingerprint density at radius 2 is 2.19 bits per heavy atom. The van der Waals surface area contributed by atoms with Crippen LogP contribution in [0.1, 0.15) is 38.1 Å². The molecule has 0 fully saturated rings. The number of rotatable bonds is 2. The average Bonchev–Trinajstić information content (AvgIpc) is 2.36. The summed E-state index contributed by atoms with van der Waals surface area (Å²) in [6.45, 7) is 7.09. The SMILES string of the molecule is CN(C)CC1c2cccnc2CCN1C(=O)OC(C)(C)C. The standard InChI is InChI=1S/C16H25N3O2/c1-16(2,3)21-15(20)19-10-8-13-12(7-6-9-17-13)14(19)11-18(4)5/h6-7,9,14H,8,10-11H2,1-5H3. The third kappa shape index (κ3) is 3.94. The van der Waals surface area contributed by atoms with Crippen molar-refractivity contribution in [2.24, 2.45) is 0 Å². The van der Waals surface area contributed by atoms with Crippen LogP contribution in [0.5, 0.6) is 0 Å². The molecular weight excluding hydrogens is 266 g/mol. The van der Waals surface area contributed by atoms with Gasteiger partial charge in [-0.05, 0) is 46.5 Å². The lowest BCUT2D eigenvalue weighted by molar-refractivity contribution is 0.0113. The van der Waals surface area contributed by atoms with Crippen LogP contribution in [0.2, 0.25) is 0 Å². The van der Waals surface area contributed by atoms with Crippen molar-refractivity contribution in [2.75, 3.05) is 27.2 Å². The number of hydrogen-bond donors (Lipinski definition) is 0. The predicted molar refractivity (Wildman–Crippen MR) is 82.2 cm³/mol. The Balaban J connectivity index is 2.27. The minimum Gasteiger partial charge on any atom is -0.444 e. The molecular formula is C16H25N3O2. The zero-order chi connectivity index (χ0) is 15.6. The van der Waals surface area contributed by atoms with Gasteiger partial charge in [0, 0.05) is 31.4 Å². The van der Waals surface area contributed by atoms with Crippen LogP contribution in [0.15, 0.2) is 18.3 Å². The lowest BCUT2D eigenvalue weighted by Gasteiger charge is -2.38. The molecule has 1 aliphatic heterocycles. The van der Waals surface area contributed by atoms with Crippen molar-refractivity contribution >= 4 is 6.09 Å². The summed E-state index contributed by atoms with van der Waals surface area (Å²) in [5, 5.41) is 0. The number of amides is 1. The van der Waals surface area contributed by atoms with Crippen LogP contribution in [-0.4, -0.2) is 53.7 Å². The molecule has 2 rings (SSSR count).